The van der Waals surface area contributed by atoms with Crippen molar-refractivity contribution in [1.82, 2.24) is 5.32 Å². The molecule has 3 heteroatoms. The van der Waals surface area contributed by atoms with Crippen LogP contribution in [0.3, 0.4) is 0 Å². The minimum Gasteiger partial charge on any atom is -0.307 e. The Hall–Kier alpha value is -0.540. The second-order valence-electron chi connectivity index (χ2n) is 4.97. The Bertz CT molecular complexity index is 394. The van der Waals surface area contributed by atoms with E-state index in [0.29, 0.717) is 11.6 Å². The number of hydrogen-bond donors (Lipinski definition) is 1. The summed E-state index contributed by atoms with van der Waals surface area (Å²) in [5, 5.41) is 4.33. The minimum atomic E-state index is -0.106. The molecule has 0 amide bonds. The van der Waals surface area contributed by atoms with Crippen molar-refractivity contribution < 1.29 is 4.39 Å². The molecule has 0 aliphatic carbocycles. The number of nitrogens with one attached hydrogen (secondary N) is 1. The third-order valence-electron chi connectivity index (χ3n) is 3.38. The zero-order chi connectivity index (χ0) is 12.4. The fraction of sp³-hybridized carbons (Fsp3) is 0.571. The van der Waals surface area contributed by atoms with E-state index >= 15 is 0 Å². The minimum absolute atomic E-state index is 0.106. The van der Waals surface area contributed by atoms with Crippen LogP contribution in [0.1, 0.15) is 37.4 Å². The number of halogens is 1. The SMILES string of the molecule is Cc1ccc(C(C)NC2CSC(C)C2)cc1F. The molecule has 1 aromatic carbocycles. The van der Waals surface area contributed by atoms with Crippen molar-refractivity contribution in [3.8, 4) is 0 Å². The summed E-state index contributed by atoms with van der Waals surface area (Å²) in [6, 6.07) is 6.31. The molecule has 0 bridgehead atoms. The average Bonchev–Trinajstić information content (AvgIpc) is 2.68. The Morgan fingerprint density at radius 2 is 2.24 bits per heavy atom. The van der Waals surface area contributed by atoms with Crippen LogP contribution in [0.5, 0.6) is 0 Å². The fourth-order valence-electron chi connectivity index (χ4n) is 2.26. The highest BCUT2D eigenvalue weighted by Crippen LogP contribution is 2.28. The molecular weight excluding hydrogens is 233 g/mol. The summed E-state index contributed by atoms with van der Waals surface area (Å²) < 4.78 is 13.5. The summed E-state index contributed by atoms with van der Waals surface area (Å²) >= 11 is 2.01. The molecule has 1 aromatic rings. The summed E-state index contributed by atoms with van der Waals surface area (Å²) in [4.78, 5) is 0. The highest BCUT2D eigenvalue weighted by molar-refractivity contribution is 8.00. The Labute approximate surface area is 107 Å². The lowest BCUT2D eigenvalue weighted by molar-refractivity contribution is 0.472. The largest absolute Gasteiger partial charge is 0.307 e. The van der Waals surface area contributed by atoms with Crippen LogP contribution in [-0.2, 0) is 0 Å². The maximum absolute atomic E-state index is 13.5. The van der Waals surface area contributed by atoms with E-state index in [9.17, 15) is 4.39 Å². The molecule has 1 nitrogen and oxygen atoms in total. The quantitative estimate of drug-likeness (QED) is 0.882. The molecule has 1 saturated heterocycles. The summed E-state index contributed by atoms with van der Waals surface area (Å²) in [6.45, 7) is 6.17. The van der Waals surface area contributed by atoms with Crippen LogP contribution in [0, 0.1) is 12.7 Å². The highest BCUT2D eigenvalue weighted by atomic mass is 32.2. The van der Waals surface area contributed by atoms with Gasteiger partial charge >= 0.3 is 0 Å². The molecule has 1 aliphatic heterocycles. The van der Waals surface area contributed by atoms with Crippen LogP contribution in [0.2, 0.25) is 0 Å². The van der Waals surface area contributed by atoms with Gasteiger partial charge in [-0.3, -0.25) is 0 Å². The van der Waals surface area contributed by atoms with Crippen LogP contribution in [-0.4, -0.2) is 17.0 Å². The predicted molar refractivity (Wildman–Crippen MR) is 73.0 cm³/mol. The number of aryl methyl sites for hydroxylation is 1. The topological polar surface area (TPSA) is 12.0 Å². The first-order valence-corrected chi connectivity index (χ1v) is 7.25. The number of thioether (sulfide) groups is 1. The van der Waals surface area contributed by atoms with E-state index in [1.165, 1.54) is 12.2 Å². The summed E-state index contributed by atoms with van der Waals surface area (Å²) in [6.07, 6.45) is 1.21. The van der Waals surface area contributed by atoms with Crippen LogP contribution in [0.4, 0.5) is 4.39 Å². The van der Waals surface area contributed by atoms with E-state index in [2.05, 4.69) is 19.2 Å². The molecule has 1 fully saturated rings. The van der Waals surface area contributed by atoms with Gasteiger partial charge in [0.05, 0.1) is 0 Å². The third kappa shape index (κ3) is 3.23. The van der Waals surface area contributed by atoms with Gasteiger partial charge in [0.15, 0.2) is 0 Å². The second-order valence-corrected chi connectivity index (χ2v) is 6.44. The van der Waals surface area contributed by atoms with Gasteiger partial charge < -0.3 is 5.32 Å². The molecule has 0 radical (unpaired) electrons. The standard InChI is InChI=1S/C14H20FNS/c1-9-4-5-12(7-14(9)15)11(3)16-13-6-10(2)17-8-13/h4-5,7,10-11,13,16H,6,8H2,1-3H3. The Morgan fingerprint density at radius 1 is 1.47 bits per heavy atom. The van der Waals surface area contributed by atoms with Crippen molar-refractivity contribution in [3.63, 3.8) is 0 Å². The van der Waals surface area contributed by atoms with Gasteiger partial charge in [0.2, 0.25) is 0 Å². The zero-order valence-electron chi connectivity index (χ0n) is 10.7. The lowest BCUT2D eigenvalue weighted by Gasteiger charge is -2.19. The highest BCUT2D eigenvalue weighted by Gasteiger charge is 2.23. The van der Waals surface area contributed by atoms with E-state index in [-0.39, 0.29) is 11.9 Å². The molecule has 94 valence electrons. The molecular formula is C14H20FNS. The summed E-state index contributed by atoms with van der Waals surface area (Å²) in [7, 11) is 0. The molecule has 1 aliphatic rings. The Balaban J connectivity index is 1.99. The number of rotatable bonds is 3. The van der Waals surface area contributed by atoms with Crippen LogP contribution < -0.4 is 5.32 Å². The average molecular weight is 253 g/mol. The molecule has 0 saturated carbocycles. The molecule has 3 unspecified atom stereocenters. The molecule has 3 atom stereocenters. The van der Waals surface area contributed by atoms with Crippen molar-refractivity contribution in [2.75, 3.05) is 5.75 Å². The van der Waals surface area contributed by atoms with Crippen molar-refractivity contribution in [1.29, 1.82) is 0 Å². The van der Waals surface area contributed by atoms with Crippen molar-refractivity contribution in [2.45, 2.75) is 44.5 Å². The zero-order valence-corrected chi connectivity index (χ0v) is 11.5. The molecule has 2 rings (SSSR count). The molecule has 1 N–H and O–H groups in total. The third-order valence-corrected chi connectivity index (χ3v) is 4.74. The van der Waals surface area contributed by atoms with Gasteiger partial charge in [0.25, 0.3) is 0 Å². The van der Waals surface area contributed by atoms with Crippen LogP contribution in [0.15, 0.2) is 18.2 Å². The van der Waals surface area contributed by atoms with E-state index in [4.69, 9.17) is 0 Å². The molecule has 17 heavy (non-hydrogen) atoms. The van der Waals surface area contributed by atoms with E-state index in [1.807, 2.05) is 23.9 Å². The van der Waals surface area contributed by atoms with Gasteiger partial charge in [-0.25, -0.2) is 4.39 Å². The van der Waals surface area contributed by atoms with Crippen molar-refractivity contribution in [3.05, 3.63) is 35.1 Å². The number of hydrogen-bond acceptors (Lipinski definition) is 2. The van der Waals surface area contributed by atoms with Gasteiger partial charge in [-0.15, -0.1) is 0 Å². The van der Waals surface area contributed by atoms with E-state index < -0.39 is 0 Å². The Morgan fingerprint density at radius 3 is 2.82 bits per heavy atom. The second kappa shape index (κ2) is 5.40. The first-order chi connectivity index (χ1) is 8.06. The van der Waals surface area contributed by atoms with E-state index in [1.54, 1.807) is 13.0 Å². The van der Waals surface area contributed by atoms with Gasteiger partial charge in [-0.2, -0.15) is 11.8 Å². The van der Waals surface area contributed by atoms with Crippen molar-refractivity contribution >= 4 is 11.8 Å². The van der Waals surface area contributed by atoms with E-state index in [0.717, 1.165) is 10.8 Å². The lowest BCUT2D eigenvalue weighted by atomic mass is 10.0. The Kier molecular flexibility index (Phi) is 4.10. The summed E-state index contributed by atoms with van der Waals surface area (Å²) in [5.41, 5.74) is 1.75. The monoisotopic (exact) mass is 253 g/mol. The van der Waals surface area contributed by atoms with Gasteiger partial charge in [0, 0.05) is 23.1 Å². The van der Waals surface area contributed by atoms with Gasteiger partial charge in [-0.05, 0) is 37.5 Å². The van der Waals surface area contributed by atoms with Crippen molar-refractivity contribution in [2.24, 2.45) is 0 Å². The first kappa shape index (κ1) is 12.9. The maximum atomic E-state index is 13.5. The molecule has 0 spiro atoms. The van der Waals surface area contributed by atoms with Crippen LogP contribution in [0.25, 0.3) is 0 Å². The normalized spacial score (nSPS) is 26.1. The molecule has 0 aromatic heterocycles. The van der Waals surface area contributed by atoms with Crippen LogP contribution >= 0.6 is 11.8 Å². The first-order valence-electron chi connectivity index (χ1n) is 6.20. The van der Waals surface area contributed by atoms with Gasteiger partial charge in [-0.1, -0.05) is 19.1 Å². The smallest absolute Gasteiger partial charge is 0.126 e. The predicted octanol–water partition coefficient (Wildman–Crippen LogP) is 3.68. The summed E-state index contributed by atoms with van der Waals surface area (Å²) in [5.74, 6) is 1.06. The van der Waals surface area contributed by atoms with Gasteiger partial charge in [0.1, 0.15) is 5.82 Å². The lowest BCUT2D eigenvalue weighted by Crippen LogP contribution is -2.31. The molecule has 1 heterocycles. The fourth-order valence-corrected chi connectivity index (χ4v) is 3.42. The number of benzene rings is 1. The maximum Gasteiger partial charge on any atom is 0.126 e.